The molecular formula is C13H21BrN2O. The normalized spacial score (nSPS) is 13.5. The zero-order chi connectivity index (χ0) is 13.2. The van der Waals surface area contributed by atoms with Gasteiger partial charge in [0, 0.05) is 24.3 Å². The molecule has 17 heavy (non-hydrogen) atoms. The first-order valence-corrected chi connectivity index (χ1v) is 6.61. The average Bonchev–Trinajstić information content (AvgIpc) is 2.52. The summed E-state index contributed by atoms with van der Waals surface area (Å²) in [6.07, 6.45) is 1.88. The van der Waals surface area contributed by atoms with Crippen molar-refractivity contribution in [1.82, 2.24) is 9.88 Å². The van der Waals surface area contributed by atoms with E-state index in [0.717, 1.165) is 4.47 Å². The van der Waals surface area contributed by atoms with E-state index in [0.29, 0.717) is 18.2 Å². The number of aromatic nitrogens is 1. The standard InChI is InChI=1S/C13H21BrN2O/c1-9(13(2,3)4)7-15-12(17)11-6-10(14)8-16(11)5/h6,8-9H,7H2,1-5H3,(H,15,17). The molecule has 1 aromatic rings. The van der Waals surface area contributed by atoms with Crippen molar-refractivity contribution in [3.8, 4) is 0 Å². The van der Waals surface area contributed by atoms with Gasteiger partial charge in [0.2, 0.25) is 0 Å². The molecule has 0 aliphatic rings. The molecule has 0 aliphatic carbocycles. The van der Waals surface area contributed by atoms with Gasteiger partial charge in [0.15, 0.2) is 0 Å². The Labute approximate surface area is 112 Å². The fourth-order valence-corrected chi connectivity index (χ4v) is 1.92. The van der Waals surface area contributed by atoms with Crippen LogP contribution in [-0.2, 0) is 7.05 Å². The second kappa shape index (κ2) is 5.25. The van der Waals surface area contributed by atoms with Gasteiger partial charge in [0.05, 0.1) is 0 Å². The molecule has 0 saturated carbocycles. The third kappa shape index (κ3) is 3.87. The molecule has 1 atom stereocenters. The molecule has 1 N–H and O–H groups in total. The highest BCUT2D eigenvalue weighted by molar-refractivity contribution is 9.10. The Balaban J connectivity index is 2.60. The summed E-state index contributed by atoms with van der Waals surface area (Å²) in [5.74, 6) is 0.421. The van der Waals surface area contributed by atoms with E-state index in [1.54, 1.807) is 0 Å². The summed E-state index contributed by atoms with van der Waals surface area (Å²) in [5, 5.41) is 2.98. The molecule has 1 aromatic heterocycles. The first kappa shape index (κ1) is 14.3. The Hall–Kier alpha value is -0.770. The SMILES string of the molecule is CC(CNC(=O)c1cc(Br)cn1C)C(C)(C)C. The van der Waals surface area contributed by atoms with Crippen LogP contribution < -0.4 is 5.32 Å². The Bertz CT molecular complexity index is 404. The summed E-state index contributed by atoms with van der Waals surface area (Å²) in [5.41, 5.74) is 0.889. The number of aryl methyl sites for hydroxylation is 1. The number of halogens is 1. The lowest BCUT2D eigenvalue weighted by molar-refractivity contribution is 0.0929. The first-order valence-electron chi connectivity index (χ1n) is 5.82. The molecule has 0 radical (unpaired) electrons. The van der Waals surface area contributed by atoms with E-state index in [9.17, 15) is 4.79 Å². The zero-order valence-electron chi connectivity index (χ0n) is 11.2. The van der Waals surface area contributed by atoms with Gasteiger partial charge in [-0.05, 0) is 33.3 Å². The van der Waals surface area contributed by atoms with Gasteiger partial charge >= 0.3 is 0 Å². The number of hydrogen-bond acceptors (Lipinski definition) is 1. The van der Waals surface area contributed by atoms with E-state index in [2.05, 4.69) is 48.9 Å². The number of carbonyl (C=O) groups is 1. The lowest BCUT2D eigenvalue weighted by Gasteiger charge is -2.27. The van der Waals surface area contributed by atoms with Crippen LogP contribution in [0.15, 0.2) is 16.7 Å². The van der Waals surface area contributed by atoms with E-state index in [1.807, 2.05) is 23.9 Å². The van der Waals surface area contributed by atoms with E-state index < -0.39 is 0 Å². The number of carbonyl (C=O) groups excluding carboxylic acids is 1. The van der Waals surface area contributed by atoms with Gasteiger partial charge in [-0.2, -0.15) is 0 Å². The highest BCUT2D eigenvalue weighted by atomic mass is 79.9. The van der Waals surface area contributed by atoms with Crippen LogP contribution >= 0.6 is 15.9 Å². The third-order valence-corrected chi connectivity index (χ3v) is 3.69. The van der Waals surface area contributed by atoms with Crippen molar-refractivity contribution in [1.29, 1.82) is 0 Å². The maximum Gasteiger partial charge on any atom is 0.267 e. The van der Waals surface area contributed by atoms with Crippen molar-refractivity contribution in [3.05, 3.63) is 22.4 Å². The second-order valence-electron chi connectivity index (χ2n) is 5.63. The van der Waals surface area contributed by atoms with E-state index >= 15 is 0 Å². The van der Waals surface area contributed by atoms with Gasteiger partial charge in [-0.3, -0.25) is 4.79 Å². The number of amides is 1. The lowest BCUT2D eigenvalue weighted by atomic mass is 9.82. The van der Waals surface area contributed by atoms with E-state index in [-0.39, 0.29) is 11.3 Å². The fraction of sp³-hybridized carbons (Fsp3) is 0.615. The molecule has 0 fully saturated rings. The summed E-state index contributed by atoms with van der Waals surface area (Å²) in [6.45, 7) is 9.40. The van der Waals surface area contributed by atoms with E-state index in [1.165, 1.54) is 0 Å². The smallest absolute Gasteiger partial charge is 0.267 e. The summed E-state index contributed by atoms with van der Waals surface area (Å²) in [6, 6.07) is 1.83. The van der Waals surface area contributed by atoms with Gasteiger partial charge < -0.3 is 9.88 Å². The molecule has 96 valence electrons. The Morgan fingerprint density at radius 1 is 1.53 bits per heavy atom. The molecule has 0 bridgehead atoms. The highest BCUT2D eigenvalue weighted by Gasteiger charge is 2.21. The molecule has 1 unspecified atom stereocenters. The molecule has 0 aliphatic heterocycles. The summed E-state index contributed by atoms with van der Waals surface area (Å²) in [4.78, 5) is 12.0. The van der Waals surface area contributed by atoms with Crippen molar-refractivity contribution in [2.45, 2.75) is 27.7 Å². The van der Waals surface area contributed by atoms with Crippen LogP contribution in [0.5, 0.6) is 0 Å². The van der Waals surface area contributed by atoms with Crippen LogP contribution in [0, 0.1) is 11.3 Å². The van der Waals surface area contributed by atoms with Crippen LogP contribution in [0.2, 0.25) is 0 Å². The second-order valence-corrected chi connectivity index (χ2v) is 6.55. The van der Waals surface area contributed by atoms with Gasteiger partial charge in [-0.15, -0.1) is 0 Å². The monoisotopic (exact) mass is 300 g/mol. The van der Waals surface area contributed by atoms with Crippen molar-refractivity contribution in [2.24, 2.45) is 18.4 Å². The number of nitrogens with one attached hydrogen (secondary N) is 1. The Kier molecular flexibility index (Phi) is 4.42. The van der Waals surface area contributed by atoms with Crippen molar-refractivity contribution in [3.63, 3.8) is 0 Å². The van der Waals surface area contributed by atoms with Crippen LogP contribution in [-0.4, -0.2) is 17.0 Å². The van der Waals surface area contributed by atoms with Crippen molar-refractivity contribution in [2.75, 3.05) is 6.54 Å². The fourth-order valence-electron chi connectivity index (χ4n) is 1.39. The molecule has 1 heterocycles. The third-order valence-electron chi connectivity index (χ3n) is 3.25. The molecule has 0 saturated heterocycles. The lowest BCUT2D eigenvalue weighted by Crippen LogP contribution is -2.34. The minimum atomic E-state index is -0.0192. The van der Waals surface area contributed by atoms with Gasteiger partial charge in [-0.25, -0.2) is 0 Å². The zero-order valence-corrected chi connectivity index (χ0v) is 12.8. The van der Waals surface area contributed by atoms with Crippen LogP contribution in [0.3, 0.4) is 0 Å². The molecule has 3 nitrogen and oxygen atoms in total. The largest absolute Gasteiger partial charge is 0.350 e. The highest BCUT2D eigenvalue weighted by Crippen LogP contribution is 2.24. The van der Waals surface area contributed by atoms with E-state index in [4.69, 9.17) is 0 Å². The van der Waals surface area contributed by atoms with Crippen molar-refractivity contribution < 1.29 is 4.79 Å². The predicted octanol–water partition coefficient (Wildman–Crippen LogP) is 3.20. The maximum atomic E-state index is 12.0. The van der Waals surface area contributed by atoms with Crippen LogP contribution in [0.4, 0.5) is 0 Å². The van der Waals surface area contributed by atoms with Crippen molar-refractivity contribution >= 4 is 21.8 Å². The van der Waals surface area contributed by atoms with Gasteiger partial charge in [0.1, 0.15) is 5.69 Å². The molecule has 1 rings (SSSR count). The quantitative estimate of drug-likeness (QED) is 0.914. The van der Waals surface area contributed by atoms with Crippen LogP contribution in [0.1, 0.15) is 38.2 Å². The number of hydrogen-bond donors (Lipinski definition) is 1. The number of rotatable bonds is 3. The molecular weight excluding hydrogens is 280 g/mol. The molecule has 0 spiro atoms. The maximum absolute atomic E-state index is 12.0. The molecule has 4 heteroatoms. The first-order chi connectivity index (χ1) is 7.71. The summed E-state index contributed by atoms with van der Waals surface area (Å²) < 4.78 is 2.75. The molecule has 1 amide bonds. The summed E-state index contributed by atoms with van der Waals surface area (Å²) >= 11 is 3.36. The Morgan fingerprint density at radius 2 is 2.12 bits per heavy atom. The van der Waals surface area contributed by atoms with Gasteiger partial charge in [0.25, 0.3) is 5.91 Å². The predicted molar refractivity (Wildman–Crippen MR) is 74.1 cm³/mol. The van der Waals surface area contributed by atoms with Crippen LogP contribution in [0.25, 0.3) is 0 Å². The minimum Gasteiger partial charge on any atom is -0.350 e. The average molecular weight is 301 g/mol. The van der Waals surface area contributed by atoms with Gasteiger partial charge in [-0.1, -0.05) is 27.7 Å². The molecule has 0 aromatic carbocycles. The number of nitrogens with zero attached hydrogens (tertiary/aromatic N) is 1. The topological polar surface area (TPSA) is 34.0 Å². The summed E-state index contributed by atoms with van der Waals surface area (Å²) in [7, 11) is 1.87. The Morgan fingerprint density at radius 3 is 2.53 bits per heavy atom. The minimum absolute atomic E-state index is 0.0192.